The van der Waals surface area contributed by atoms with Gasteiger partial charge in [0.25, 0.3) is 0 Å². The van der Waals surface area contributed by atoms with E-state index in [1.165, 1.54) is 6.33 Å². The normalized spacial score (nSPS) is 31.6. The second kappa shape index (κ2) is 7.71. The Morgan fingerprint density at radius 3 is 2.69 bits per heavy atom. The highest BCUT2D eigenvalue weighted by molar-refractivity contribution is 6.74. The molecule has 2 aromatic heterocycles. The summed E-state index contributed by atoms with van der Waals surface area (Å²) < 4.78 is 27.7. The minimum Gasteiger partial charge on any atom is -0.408 e. The summed E-state index contributed by atoms with van der Waals surface area (Å²) >= 11 is 0. The number of ether oxygens (including phenoxy) is 3. The fourth-order valence-corrected chi connectivity index (χ4v) is 5.93. The summed E-state index contributed by atoms with van der Waals surface area (Å²) in [6.07, 6.45) is 2.36. The monoisotopic (exact) mass is 462 g/mol. The first-order valence-electron chi connectivity index (χ1n) is 11.3. The smallest absolute Gasteiger partial charge is 0.192 e. The predicted octanol–water partition coefficient (Wildman–Crippen LogP) is 1.80. The van der Waals surface area contributed by atoms with Gasteiger partial charge in [0.15, 0.2) is 26.0 Å². The number of hydrogen-bond acceptors (Lipinski definition) is 9. The Labute approximate surface area is 189 Å². The lowest BCUT2D eigenvalue weighted by atomic mass is 9.98. The number of imidazole rings is 1. The van der Waals surface area contributed by atoms with Gasteiger partial charge in [-0.2, -0.15) is 0 Å². The lowest BCUT2D eigenvalue weighted by molar-refractivity contribution is -0.181. The van der Waals surface area contributed by atoms with Crippen LogP contribution in [-0.4, -0.2) is 90.0 Å². The highest BCUT2D eigenvalue weighted by Crippen LogP contribution is 2.50. The zero-order chi connectivity index (χ0) is 22.7. The van der Waals surface area contributed by atoms with Crippen molar-refractivity contribution in [3.05, 3.63) is 12.7 Å². The molecule has 0 spiro atoms. The first kappa shape index (κ1) is 22.2. The summed E-state index contributed by atoms with van der Waals surface area (Å²) in [5.74, 6) is 0.356. The Bertz CT molecular complexity index is 988. The number of fused-ring (bicyclic) bond motifs is 3. The summed E-state index contributed by atoms with van der Waals surface area (Å²) in [5.41, 5.74) is 6.67. The summed E-state index contributed by atoms with van der Waals surface area (Å²) in [4.78, 5) is 15.3. The molecule has 2 N–H and O–H groups in total. The fraction of sp³-hybridized carbons (Fsp3) is 0.762. The average Bonchev–Trinajstić information content (AvgIpc) is 3.38. The quantitative estimate of drug-likeness (QED) is 0.665. The maximum absolute atomic E-state index is 7.00. The van der Waals surface area contributed by atoms with Crippen molar-refractivity contribution in [1.82, 2.24) is 24.4 Å². The maximum atomic E-state index is 7.00. The molecule has 2 aromatic rings. The van der Waals surface area contributed by atoms with Crippen LogP contribution in [0.15, 0.2) is 12.7 Å². The number of hydrogen-bond donors (Lipinski definition) is 1. The van der Waals surface area contributed by atoms with Crippen LogP contribution < -0.4 is 5.73 Å². The third kappa shape index (κ3) is 3.55. The summed E-state index contributed by atoms with van der Waals surface area (Å²) in [6.45, 7) is 15.8. The van der Waals surface area contributed by atoms with Crippen LogP contribution >= 0.6 is 0 Å². The molecule has 3 aliphatic rings. The topological polar surface area (TPSA) is 110 Å². The van der Waals surface area contributed by atoms with Gasteiger partial charge in [-0.05, 0) is 18.1 Å². The minimum atomic E-state index is -2.08. The average molecular weight is 463 g/mol. The van der Waals surface area contributed by atoms with Gasteiger partial charge in [0.2, 0.25) is 0 Å². The van der Waals surface area contributed by atoms with E-state index >= 15 is 0 Å². The lowest BCUT2D eigenvalue weighted by Gasteiger charge is -2.42. The molecule has 2 bridgehead atoms. The molecule has 0 aliphatic carbocycles. The SMILES string of the molecule is CC(C)(C)[Si](C)(C)O[C@@H]1C2OC[C@]1(CN1CCOCC1)O[C@H]2n1cnc2c(N)ncnc21. The van der Waals surface area contributed by atoms with Crippen LogP contribution in [0.5, 0.6) is 0 Å². The molecular weight excluding hydrogens is 428 g/mol. The second-order valence-electron chi connectivity index (χ2n) is 10.6. The van der Waals surface area contributed by atoms with Crippen molar-refractivity contribution in [2.45, 2.75) is 62.9 Å². The molecular formula is C21H34N6O4Si. The van der Waals surface area contributed by atoms with Crippen molar-refractivity contribution in [3.8, 4) is 0 Å². The molecule has 0 amide bonds. The van der Waals surface area contributed by atoms with Gasteiger partial charge in [-0.15, -0.1) is 0 Å². The van der Waals surface area contributed by atoms with Gasteiger partial charge >= 0.3 is 0 Å². The van der Waals surface area contributed by atoms with Gasteiger partial charge in [0.05, 0.1) is 26.1 Å². The number of aromatic nitrogens is 4. The van der Waals surface area contributed by atoms with E-state index in [2.05, 4.69) is 53.7 Å². The van der Waals surface area contributed by atoms with Gasteiger partial charge in [-0.3, -0.25) is 9.47 Å². The minimum absolute atomic E-state index is 0.0774. The molecule has 0 aromatic carbocycles. The molecule has 4 atom stereocenters. The molecule has 11 heteroatoms. The third-order valence-electron chi connectivity index (χ3n) is 7.46. The Hall–Kier alpha value is -1.63. The highest BCUT2D eigenvalue weighted by atomic mass is 28.4. The first-order valence-corrected chi connectivity index (χ1v) is 14.2. The standard InChI is InChI=1S/C21H34N6O4Si/c1-20(2,3)32(4,5)31-16-15-19(27-13-25-14-17(22)23-12-24-18(14)27)30-21(16,11-29-15)10-26-6-8-28-9-7-26/h12-13,15-16,19H,6-11H2,1-5H3,(H2,22,23,24)/t15?,16-,19-,21+/m1/s1. The number of nitrogens with zero attached hydrogens (tertiary/aromatic N) is 5. The first-order chi connectivity index (χ1) is 15.1. The van der Waals surface area contributed by atoms with Crippen molar-refractivity contribution in [1.29, 1.82) is 0 Å². The molecule has 0 radical (unpaired) electrons. The number of nitrogen functional groups attached to an aromatic ring is 1. The molecule has 3 aliphatic heterocycles. The second-order valence-corrected chi connectivity index (χ2v) is 15.4. The summed E-state index contributed by atoms with van der Waals surface area (Å²) in [5, 5.41) is 0.0774. The van der Waals surface area contributed by atoms with Crippen molar-refractivity contribution in [2.24, 2.45) is 0 Å². The Kier molecular flexibility index (Phi) is 5.34. The van der Waals surface area contributed by atoms with Crippen molar-refractivity contribution < 1.29 is 18.6 Å². The zero-order valence-electron chi connectivity index (χ0n) is 19.6. The molecule has 10 nitrogen and oxygen atoms in total. The Balaban J connectivity index is 1.51. The number of rotatable bonds is 5. The van der Waals surface area contributed by atoms with E-state index in [1.54, 1.807) is 6.33 Å². The van der Waals surface area contributed by atoms with Gasteiger partial charge in [-0.25, -0.2) is 15.0 Å². The van der Waals surface area contributed by atoms with Crippen molar-refractivity contribution >= 4 is 25.3 Å². The van der Waals surface area contributed by atoms with Crippen molar-refractivity contribution in [3.63, 3.8) is 0 Å². The molecule has 32 heavy (non-hydrogen) atoms. The molecule has 3 fully saturated rings. The van der Waals surface area contributed by atoms with Crippen LogP contribution in [-0.2, 0) is 18.6 Å². The van der Waals surface area contributed by atoms with Gasteiger partial charge in [-0.1, -0.05) is 20.8 Å². The summed E-state index contributed by atoms with van der Waals surface area (Å²) in [6, 6.07) is 0. The predicted molar refractivity (Wildman–Crippen MR) is 122 cm³/mol. The van der Waals surface area contributed by atoms with E-state index in [-0.39, 0.29) is 23.5 Å². The van der Waals surface area contributed by atoms with Crippen LogP contribution in [0.4, 0.5) is 5.82 Å². The Morgan fingerprint density at radius 2 is 1.97 bits per heavy atom. The van der Waals surface area contributed by atoms with Crippen LogP contribution in [0.1, 0.15) is 27.0 Å². The van der Waals surface area contributed by atoms with Crippen LogP contribution in [0.2, 0.25) is 18.1 Å². The van der Waals surface area contributed by atoms with Gasteiger partial charge in [0.1, 0.15) is 29.7 Å². The van der Waals surface area contributed by atoms with E-state index in [1.807, 2.05) is 4.57 Å². The number of anilines is 1. The number of nitrogens with two attached hydrogens (primary N) is 1. The van der Waals surface area contributed by atoms with E-state index in [0.717, 1.165) is 32.8 Å². The molecule has 5 rings (SSSR count). The molecule has 3 saturated heterocycles. The molecule has 5 heterocycles. The maximum Gasteiger partial charge on any atom is 0.192 e. The molecule has 176 valence electrons. The van der Waals surface area contributed by atoms with E-state index in [0.29, 0.717) is 23.6 Å². The Morgan fingerprint density at radius 1 is 1.22 bits per heavy atom. The molecule has 0 saturated carbocycles. The van der Waals surface area contributed by atoms with E-state index < -0.39 is 13.9 Å². The van der Waals surface area contributed by atoms with Crippen LogP contribution in [0, 0.1) is 0 Å². The van der Waals surface area contributed by atoms with Crippen molar-refractivity contribution in [2.75, 3.05) is 45.2 Å². The largest absolute Gasteiger partial charge is 0.408 e. The van der Waals surface area contributed by atoms with E-state index in [4.69, 9.17) is 24.4 Å². The highest BCUT2D eigenvalue weighted by Gasteiger charge is 2.65. The van der Waals surface area contributed by atoms with Gasteiger partial charge < -0.3 is 24.4 Å². The third-order valence-corrected chi connectivity index (χ3v) is 11.9. The van der Waals surface area contributed by atoms with Crippen LogP contribution in [0.3, 0.4) is 0 Å². The van der Waals surface area contributed by atoms with Gasteiger partial charge in [0, 0.05) is 19.6 Å². The zero-order valence-corrected chi connectivity index (χ0v) is 20.6. The number of morpholine rings is 1. The fourth-order valence-electron chi connectivity index (χ4n) is 4.60. The van der Waals surface area contributed by atoms with Crippen LogP contribution in [0.25, 0.3) is 11.2 Å². The lowest BCUT2D eigenvalue weighted by Crippen LogP contribution is -2.57. The van der Waals surface area contributed by atoms with E-state index in [9.17, 15) is 0 Å². The summed E-state index contributed by atoms with van der Waals surface area (Å²) in [7, 11) is -2.08. The molecule has 1 unspecified atom stereocenters.